The molecule has 0 aliphatic heterocycles. The molecule has 0 aliphatic carbocycles. The van der Waals surface area contributed by atoms with Crippen LogP contribution in [0.5, 0.6) is 0 Å². The zero-order chi connectivity index (χ0) is 18.2. The van der Waals surface area contributed by atoms with E-state index in [-0.39, 0.29) is 32.1 Å². The van der Waals surface area contributed by atoms with Crippen LogP contribution < -0.4 is 5.73 Å². The molecular weight excluding hydrogens is 415 g/mol. The van der Waals surface area contributed by atoms with Crippen molar-refractivity contribution in [1.29, 1.82) is 5.26 Å². The SMILES string of the molecule is COC(=O)c1c(N)c(C#N)cn1-c1c(Cl)cc(C(F)(F)F)cc1Br. The van der Waals surface area contributed by atoms with Gasteiger partial charge in [-0.05, 0) is 28.1 Å². The molecule has 0 fully saturated rings. The Bertz CT molecular complexity index is 848. The molecule has 1 aromatic heterocycles. The van der Waals surface area contributed by atoms with Gasteiger partial charge in [-0.15, -0.1) is 0 Å². The molecule has 24 heavy (non-hydrogen) atoms. The summed E-state index contributed by atoms with van der Waals surface area (Å²) in [5.74, 6) is -0.864. The van der Waals surface area contributed by atoms with Crippen molar-refractivity contribution in [2.75, 3.05) is 12.8 Å². The van der Waals surface area contributed by atoms with Gasteiger partial charge in [-0.25, -0.2) is 4.79 Å². The first-order valence-electron chi connectivity index (χ1n) is 6.17. The van der Waals surface area contributed by atoms with Crippen LogP contribution in [0.4, 0.5) is 18.9 Å². The van der Waals surface area contributed by atoms with Crippen molar-refractivity contribution < 1.29 is 22.7 Å². The Hall–Kier alpha value is -2.18. The summed E-state index contributed by atoms with van der Waals surface area (Å²) < 4.78 is 44.2. The lowest BCUT2D eigenvalue weighted by molar-refractivity contribution is -0.137. The van der Waals surface area contributed by atoms with Crippen molar-refractivity contribution in [2.24, 2.45) is 0 Å². The molecule has 2 aromatic rings. The highest BCUT2D eigenvalue weighted by Crippen LogP contribution is 2.39. The molecule has 1 aromatic carbocycles. The topological polar surface area (TPSA) is 81.0 Å². The van der Waals surface area contributed by atoms with Crippen molar-refractivity contribution in [3.8, 4) is 11.8 Å². The fraction of sp³-hybridized carbons (Fsp3) is 0.143. The maximum absolute atomic E-state index is 12.8. The number of alkyl halides is 3. The summed E-state index contributed by atoms with van der Waals surface area (Å²) in [6, 6.07) is 3.31. The maximum Gasteiger partial charge on any atom is 0.416 e. The number of methoxy groups -OCH3 is 1. The van der Waals surface area contributed by atoms with Crippen LogP contribution in [0.25, 0.3) is 5.69 Å². The number of nitrogens with two attached hydrogens (primary N) is 1. The number of nitrogens with zero attached hydrogens (tertiary/aromatic N) is 2. The predicted octanol–water partition coefficient (Wildman–Crippen LogP) is 4.15. The molecular formula is C14H8BrClF3N3O2. The monoisotopic (exact) mass is 421 g/mol. The van der Waals surface area contributed by atoms with Crippen molar-refractivity contribution in [2.45, 2.75) is 6.18 Å². The Kier molecular flexibility index (Phi) is 4.82. The van der Waals surface area contributed by atoms with Gasteiger partial charge < -0.3 is 15.0 Å². The van der Waals surface area contributed by atoms with Gasteiger partial charge >= 0.3 is 12.1 Å². The lowest BCUT2D eigenvalue weighted by Gasteiger charge is -2.15. The van der Waals surface area contributed by atoms with Crippen LogP contribution in [0.1, 0.15) is 21.6 Å². The second-order valence-electron chi connectivity index (χ2n) is 4.56. The van der Waals surface area contributed by atoms with Crippen molar-refractivity contribution >= 4 is 39.2 Å². The van der Waals surface area contributed by atoms with Gasteiger partial charge in [0.25, 0.3) is 0 Å². The summed E-state index contributed by atoms with van der Waals surface area (Å²) in [6.45, 7) is 0. The number of rotatable bonds is 2. The minimum Gasteiger partial charge on any atom is -0.464 e. The molecule has 0 saturated carbocycles. The van der Waals surface area contributed by atoms with Crippen molar-refractivity contribution in [3.63, 3.8) is 0 Å². The molecule has 126 valence electrons. The molecule has 2 N–H and O–H groups in total. The number of carbonyl (C=O) groups is 1. The van der Waals surface area contributed by atoms with E-state index in [0.29, 0.717) is 6.07 Å². The van der Waals surface area contributed by atoms with Crippen LogP contribution in [0.15, 0.2) is 22.8 Å². The Morgan fingerprint density at radius 2 is 2.08 bits per heavy atom. The smallest absolute Gasteiger partial charge is 0.416 e. The third-order valence-corrected chi connectivity index (χ3v) is 4.02. The fourth-order valence-electron chi connectivity index (χ4n) is 2.05. The third-order valence-electron chi connectivity index (χ3n) is 3.13. The van der Waals surface area contributed by atoms with E-state index in [1.54, 1.807) is 6.07 Å². The van der Waals surface area contributed by atoms with Gasteiger partial charge in [0.1, 0.15) is 6.07 Å². The van der Waals surface area contributed by atoms with E-state index in [2.05, 4.69) is 20.7 Å². The summed E-state index contributed by atoms with van der Waals surface area (Å²) in [5, 5.41) is 8.77. The van der Waals surface area contributed by atoms with Gasteiger partial charge in [0.05, 0.1) is 34.6 Å². The van der Waals surface area contributed by atoms with Crippen LogP contribution in [0.2, 0.25) is 5.02 Å². The second kappa shape index (κ2) is 6.37. The number of aromatic nitrogens is 1. The van der Waals surface area contributed by atoms with E-state index in [1.807, 2.05) is 0 Å². The van der Waals surface area contributed by atoms with Crippen LogP contribution in [-0.2, 0) is 10.9 Å². The lowest BCUT2D eigenvalue weighted by Crippen LogP contribution is -2.12. The van der Waals surface area contributed by atoms with E-state index < -0.39 is 17.7 Å². The number of nitriles is 1. The molecule has 0 bridgehead atoms. The molecule has 2 rings (SSSR count). The zero-order valence-corrected chi connectivity index (χ0v) is 14.3. The number of nitrogen functional groups attached to an aromatic ring is 1. The van der Waals surface area contributed by atoms with E-state index in [0.717, 1.165) is 17.7 Å². The van der Waals surface area contributed by atoms with E-state index in [4.69, 9.17) is 22.6 Å². The van der Waals surface area contributed by atoms with E-state index in [1.165, 1.54) is 6.20 Å². The van der Waals surface area contributed by atoms with Gasteiger partial charge in [-0.1, -0.05) is 11.6 Å². The summed E-state index contributed by atoms with van der Waals surface area (Å²) in [4.78, 5) is 11.9. The highest BCUT2D eigenvalue weighted by atomic mass is 79.9. The first-order chi connectivity index (χ1) is 11.1. The van der Waals surface area contributed by atoms with E-state index >= 15 is 0 Å². The molecule has 0 radical (unpaired) electrons. The number of carbonyl (C=O) groups excluding carboxylic acids is 1. The summed E-state index contributed by atoms with van der Waals surface area (Å²) in [6.07, 6.45) is -3.40. The van der Waals surface area contributed by atoms with Crippen LogP contribution in [0, 0.1) is 11.3 Å². The number of halogens is 5. The van der Waals surface area contributed by atoms with Gasteiger partial charge in [0, 0.05) is 10.7 Å². The number of anilines is 1. The number of hydrogen-bond donors (Lipinski definition) is 1. The second-order valence-corrected chi connectivity index (χ2v) is 5.83. The Balaban J connectivity index is 2.79. The molecule has 0 amide bonds. The first-order valence-corrected chi connectivity index (χ1v) is 7.34. The number of ether oxygens (including phenoxy) is 1. The zero-order valence-electron chi connectivity index (χ0n) is 11.9. The van der Waals surface area contributed by atoms with E-state index in [9.17, 15) is 18.0 Å². The van der Waals surface area contributed by atoms with Crippen LogP contribution >= 0.6 is 27.5 Å². The van der Waals surface area contributed by atoms with Crippen molar-refractivity contribution in [1.82, 2.24) is 4.57 Å². The Morgan fingerprint density at radius 1 is 1.46 bits per heavy atom. The average molecular weight is 423 g/mol. The number of esters is 1. The van der Waals surface area contributed by atoms with Crippen LogP contribution in [0.3, 0.4) is 0 Å². The number of benzene rings is 1. The third kappa shape index (κ3) is 3.07. The Labute approximate surface area is 147 Å². The standard InChI is InChI=1S/C14H8BrClF3N3O2/c1-24-13(23)12-10(21)6(4-20)5-22(12)11-8(15)2-7(3-9(11)16)14(17,18)19/h2-3,5H,21H2,1H3. The molecule has 0 aliphatic rings. The predicted molar refractivity (Wildman–Crippen MR) is 83.9 cm³/mol. The van der Waals surface area contributed by atoms with Gasteiger partial charge in [0.2, 0.25) is 0 Å². The largest absolute Gasteiger partial charge is 0.464 e. The molecule has 5 nitrogen and oxygen atoms in total. The first kappa shape index (κ1) is 18.2. The molecule has 0 unspecified atom stereocenters. The van der Waals surface area contributed by atoms with Gasteiger partial charge in [-0.3, -0.25) is 0 Å². The minimum absolute atomic E-state index is 0.0262. The summed E-state index contributed by atoms with van der Waals surface area (Å²) in [7, 11) is 1.11. The Morgan fingerprint density at radius 3 is 2.54 bits per heavy atom. The van der Waals surface area contributed by atoms with Gasteiger partial charge in [0.15, 0.2) is 5.69 Å². The lowest BCUT2D eigenvalue weighted by atomic mass is 10.2. The molecule has 0 spiro atoms. The summed E-state index contributed by atoms with van der Waals surface area (Å²) in [5.41, 5.74) is 4.39. The molecule has 0 saturated heterocycles. The minimum atomic E-state index is -4.59. The maximum atomic E-state index is 12.8. The highest BCUT2D eigenvalue weighted by Gasteiger charge is 2.33. The van der Waals surface area contributed by atoms with Crippen LogP contribution in [-0.4, -0.2) is 17.6 Å². The quantitative estimate of drug-likeness (QED) is 0.737. The van der Waals surface area contributed by atoms with Crippen molar-refractivity contribution in [3.05, 3.63) is 44.6 Å². The normalized spacial score (nSPS) is 11.2. The molecule has 10 heteroatoms. The number of hydrogen-bond acceptors (Lipinski definition) is 4. The highest BCUT2D eigenvalue weighted by molar-refractivity contribution is 9.10. The molecule has 0 atom stereocenters. The average Bonchev–Trinajstić information content (AvgIpc) is 2.81. The summed E-state index contributed by atoms with van der Waals surface area (Å²) >= 11 is 8.98. The molecule has 1 heterocycles. The van der Waals surface area contributed by atoms with Gasteiger partial charge in [-0.2, -0.15) is 18.4 Å². The fourth-order valence-corrected chi connectivity index (χ4v) is 3.13.